The van der Waals surface area contributed by atoms with Gasteiger partial charge >= 0.3 is 0 Å². The molecule has 0 heterocycles. The third-order valence-electron chi connectivity index (χ3n) is 1.44. The van der Waals surface area contributed by atoms with Gasteiger partial charge in [-0.1, -0.05) is 0 Å². The van der Waals surface area contributed by atoms with E-state index in [0.29, 0.717) is 0 Å². The maximum absolute atomic E-state index is 13.0. The normalized spacial score (nSPS) is 10.3. The summed E-state index contributed by atoms with van der Waals surface area (Å²) in [6.45, 7) is -0.242. The second-order valence-electron chi connectivity index (χ2n) is 2.19. The van der Waals surface area contributed by atoms with Crippen molar-refractivity contribution >= 4 is 15.9 Å². The van der Waals surface area contributed by atoms with Gasteiger partial charge in [-0.2, -0.15) is 0 Å². The summed E-state index contributed by atoms with van der Waals surface area (Å²) in [4.78, 5) is 0. The number of hydrogen-bond acceptors (Lipinski definition) is 2. The molecule has 5 heteroatoms. The fourth-order valence-electron chi connectivity index (χ4n) is 0.822. The molecule has 0 aromatic heterocycles. The van der Waals surface area contributed by atoms with Gasteiger partial charge in [0.25, 0.3) is 0 Å². The molecule has 0 aliphatic heterocycles. The Hall–Kier alpha value is -0.680. The SMILES string of the molecule is NCc1c(O)c(F)cc(Br)c1F. The Morgan fingerprint density at radius 2 is 2.08 bits per heavy atom. The molecule has 1 rings (SSSR count). The Kier molecular flexibility index (Phi) is 2.64. The van der Waals surface area contributed by atoms with E-state index in [2.05, 4.69) is 15.9 Å². The number of halogens is 3. The summed E-state index contributed by atoms with van der Waals surface area (Å²) in [6, 6.07) is 0.851. The Bertz CT molecular complexity index is 291. The predicted molar refractivity (Wildman–Crippen MR) is 43.6 cm³/mol. The molecule has 12 heavy (non-hydrogen) atoms. The van der Waals surface area contributed by atoms with E-state index in [-0.39, 0.29) is 16.6 Å². The average molecular weight is 238 g/mol. The summed E-state index contributed by atoms with van der Waals surface area (Å²) < 4.78 is 25.7. The van der Waals surface area contributed by atoms with Crippen molar-refractivity contribution in [1.82, 2.24) is 0 Å². The molecule has 0 radical (unpaired) electrons. The van der Waals surface area contributed by atoms with Crippen molar-refractivity contribution in [2.45, 2.75) is 6.54 Å². The summed E-state index contributed by atoms with van der Waals surface area (Å²) >= 11 is 2.79. The van der Waals surface area contributed by atoms with Gasteiger partial charge in [-0.25, -0.2) is 8.78 Å². The maximum atomic E-state index is 13.0. The summed E-state index contributed by atoms with van der Waals surface area (Å²) in [5, 5.41) is 8.99. The Balaban J connectivity index is 3.42. The average Bonchev–Trinajstić information content (AvgIpc) is 2.02. The molecule has 1 aromatic rings. The van der Waals surface area contributed by atoms with Gasteiger partial charge in [-0.05, 0) is 22.0 Å². The van der Waals surface area contributed by atoms with Crippen LogP contribution in [0.25, 0.3) is 0 Å². The van der Waals surface area contributed by atoms with Crippen LogP contribution in [-0.2, 0) is 6.54 Å². The molecule has 0 aliphatic carbocycles. The van der Waals surface area contributed by atoms with E-state index in [1.54, 1.807) is 0 Å². The molecule has 66 valence electrons. The van der Waals surface area contributed by atoms with Crippen LogP contribution in [0.15, 0.2) is 10.5 Å². The van der Waals surface area contributed by atoms with Crippen LogP contribution in [0.4, 0.5) is 8.78 Å². The second kappa shape index (κ2) is 3.37. The van der Waals surface area contributed by atoms with Crippen molar-refractivity contribution in [1.29, 1.82) is 0 Å². The Labute approximate surface area is 76.1 Å². The number of rotatable bonds is 1. The highest BCUT2D eigenvalue weighted by atomic mass is 79.9. The van der Waals surface area contributed by atoms with E-state index in [1.807, 2.05) is 0 Å². The molecule has 0 unspecified atom stereocenters. The van der Waals surface area contributed by atoms with E-state index in [0.717, 1.165) is 6.07 Å². The lowest BCUT2D eigenvalue weighted by Gasteiger charge is -2.05. The van der Waals surface area contributed by atoms with Crippen molar-refractivity contribution in [3.63, 3.8) is 0 Å². The molecule has 0 spiro atoms. The van der Waals surface area contributed by atoms with Crippen molar-refractivity contribution in [3.05, 3.63) is 27.7 Å². The molecular formula is C7H6BrF2NO. The third-order valence-corrected chi connectivity index (χ3v) is 2.02. The van der Waals surface area contributed by atoms with Crippen molar-refractivity contribution in [2.75, 3.05) is 0 Å². The molecular weight excluding hydrogens is 232 g/mol. The quantitative estimate of drug-likeness (QED) is 0.734. The van der Waals surface area contributed by atoms with Crippen LogP contribution in [0, 0.1) is 11.6 Å². The van der Waals surface area contributed by atoms with Crippen LogP contribution in [0.2, 0.25) is 0 Å². The number of aromatic hydroxyl groups is 1. The van der Waals surface area contributed by atoms with Crippen molar-refractivity contribution in [2.24, 2.45) is 5.73 Å². The van der Waals surface area contributed by atoms with Crippen LogP contribution >= 0.6 is 15.9 Å². The van der Waals surface area contributed by atoms with E-state index in [4.69, 9.17) is 10.8 Å². The van der Waals surface area contributed by atoms with Gasteiger partial charge in [-0.15, -0.1) is 0 Å². The lowest BCUT2D eigenvalue weighted by Crippen LogP contribution is -2.02. The predicted octanol–water partition coefficient (Wildman–Crippen LogP) is 1.89. The Morgan fingerprint density at radius 1 is 1.50 bits per heavy atom. The largest absolute Gasteiger partial charge is 0.505 e. The summed E-state index contributed by atoms with van der Waals surface area (Å²) in [5.74, 6) is -2.33. The topological polar surface area (TPSA) is 46.2 Å². The minimum Gasteiger partial charge on any atom is -0.505 e. The molecule has 0 saturated heterocycles. The molecule has 0 bridgehead atoms. The summed E-state index contributed by atoms with van der Waals surface area (Å²) in [7, 11) is 0. The van der Waals surface area contributed by atoms with Crippen LogP contribution < -0.4 is 5.73 Å². The number of hydrogen-bond donors (Lipinski definition) is 2. The maximum Gasteiger partial charge on any atom is 0.166 e. The lowest BCUT2D eigenvalue weighted by molar-refractivity contribution is 0.417. The number of nitrogens with two attached hydrogens (primary N) is 1. The monoisotopic (exact) mass is 237 g/mol. The molecule has 0 atom stereocenters. The van der Waals surface area contributed by atoms with Crippen LogP contribution in [0.3, 0.4) is 0 Å². The van der Waals surface area contributed by atoms with Gasteiger partial charge in [-0.3, -0.25) is 0 Å². The first kappa shape index (κ1) is 9.41. The van der Waals surface area contributed by atoms with Gasteiger partial charge in [0.05, 0.1) is 4.47 Å². The zero-order valence-corrected chi connectivity index (χ0v) is 7.53. The van der Waals surface area contributed by atoms with Crippen LogP contribution in [-0.4, -0.2) is 5.11 Å². The van der Waals surface area contributed by atoms with Crippen molar-refractivity contribution in [3.8, 4) is 5.75 Å². The number of phenols is 1. The fourth-order valence-corrected chi connectivity index (χ4v) is 1.26. The molecule has 1 aromatic carbocycles. The summed E-state index contributed by atoms with van der Waals surface area (Å²) in [6.07, 6.45) is 0. The van der Waals surface area contributed by atoms with Gasteiger partial charge in [0.1, 0.15) is 5.82 Å². The first-order valence-corrected chi connectivity index (χ1v) is 3.92. The first-order chi connectivity index (χ1) is 5.57. The van der Waals surface area contributed by atoms with Crippen LogP contribution in [0.1, 0.15) is 5.56 Å². The zero-order valence-electron chi connectivity index (χ0n) is 5.94. The Morgan fingerprint density at radius 3 is 2.58 bits per heavy atom. The van der Waals surface area contributed by atoms with Crippen LogP contribution in [0.5, 0.6) is 5.75 Å². The molecule has 0 fully saturated rings. The molecule has 0 saturated carbocycles. The molecule has 3 N–H and O–H groups in total. The van der Waals surface area contributed by atoms with E-state index in [1.165, 1.54) is 0 Å². The summed E-state index contributed by atoms with van der Waals surface area (Å²) in [5.41, 5.74) is 4.88. The van der Waals surface area contributed by atoms with E-state index >= 15 is 0 Å². The minimum atomic E-state index is -0.885. The fraction of sp³-hybridized carbons (Fsp3) is 0.143. The highest BCUT2D eigenvalue weighted by Crippen LogP contribution is 2.29. The highest BCUT2D eigenvalue weighted by Gasteiger charge is 2.14. The van der Waals surface area contributed by atoms with Gasteiger partial charge in [0.2, 0.25) is 0 Å². The van der Waals surface area contributed by atoms with Gasteiger partial charge in [0, 0.05) is 12.1 Å². The van der Waals surface area contributed by atoms with Gasteiger partial charge in [0.15, 0.2) is 11.6 Å². The highest BCUT2D eigenvalue weighted by molar-refractivity contribution is 9.10. The lowest BCUT2D eigenvalue weighted by atomic mass is 10.2. The standard InChI is InChI=1S/C7H6BrF2NO/c8-4-1-5(9)7(12)3(2-11)6(4)10/h1,12H,2,11H2. The van der Waals surface area contributed by atoms with Gasteiger partial charge < -0.3 is 10.8 Å². The second-order valence-corrected chi connectivity index (χ2v) is 3.04. The molecule has 0 amide bonds. The first-order valence-electron chi connectivity index (χ1n) is 3.13. The minimum absolute atomic E-state index is 0.0433. The number of phenolic OH excluding ortho intramolecular Hbond substituents is 1. The van der Waals surface area contributed by atoms with E-state index in [9.17, 15) is 8.78 Å². The van der Waals surface area contributed by atoms with Crippen molar-refractivity contribution < 1.29 is 13.9 Å². The van der Waals surface area contributed by atoms with E-state index < -0.39 is 17.4 Å². The smallest absolute Gasteiger partial charge is 0.166 e. The zero-order chi connectivity index (χ0) is 9.30. The third kappa shape index (κ3) is 1.42. The number of benzene rings is 1. The molecule has 0 aliphatic rings. The molecule has 2 nitrogen and oxygen atoms in total.